The zero-order valence-corrected chi connectivity index (χ0v) is 18.4. The number of methoxy groups -OCH3 is 2. The molecule has 7 nitrogen and oxygen atoms in total. The lowest BCUT2D eigenvalue weighted by Gasteiger charge is -2.33. The lowest BCUT2D eigenvalue weighted by molar-refractivity contribution is -0.137. The largest absolute Gasteiger partial charge is 0.497 e. The number of carbonyl (C=O) groups excluding carboxylic acids is 2. The van der Waals surface area contributed by atoms with E-state index < -0.39 is 6.04 Å². The summed E-state index contributed by atoms with van der Waals surface area (Å²) in [5.74, 6) is 0.778. The second-order valence-corrected chi connectivity index (χ2v) is 7.92. The van der Waals surface area contributed by atoms with Crippen molar-refractivity contribution in [2.75, 3.05) is 27.3 Å². The molecule has 2 fully saturated rings. The summed E-state index contributed by atoms with van der Waals surface area (Å²) < 4.78 is 10.5. The van der Waals surface area contributed by atoms with Gasteiger partial charge in [-0.2, -0.15) is 0 Å². The molecule has 2 aliphatic heterocycles. The van der Waals surface area contributed by atoms with E-state index in [2.05, 4.69) is 10.6 Å². The number of halogens is 1. The Morgan fingerprint density at radius 1 is 1.07 bits per heavy atom. The predicted molar refractivity (Wildman–Crippen MR) is 114 cm³/mol. The summed E-state index contributed by atoms with van der Waals surface area (Å²) in [6, 6.07) is 4.94. The molecule has 2 N–H and O–H groups in total. The SMILES string of the molecule is COc1cc(OC)cc(C(=O)NC(C(=O)N2C3CCNCC2CC3)C(C)C)c1.Cl. The summed E-state index contributed by atoms with van der Waals surface area (Å²) in [6.07, 6.45) is 3.03. The van der Waals surface area contributed by atoms with E-state index in [1.165, 1.54) is 0 Å². The summed E-state index contributed by atoms with van der Waals surface area (Å²) >= 11 is 0. The van der Waals surface area contributed by atoms with Crippen LogP contribution >= 0.6 is 12.4 Å². The van der Waals surface area contributed by atoms with Crippen LogP contribution in [0.25, 0.3) is 0 Å². The van der Waals surface area contributed by atoms with Crippen molar-refractivity contribution in [3.8, 4) is 11.5 Å². The molecule has 0 aliphatic carbocycles. The van der Waals surface area contributed by atoms with Gasteiger partial charge in [-0.25, -0.2) is 0 Å². The summed E-state index contributed by atoms with van der Waals surface area (Å²) in [4.78, 5) is 28.3. The Bertz CT molecular complexity index is 692. The first kappa shape index (κ1) is 23.3. The van der Waals surface area contributed by atoms with Crippen molar-refractivity contribution in [3.63, 3.8) is 0 Å². The molecule has 0 radical (unpaired) electrons. The van der Waals surface area contributed by atoms with E-state index in [0.717, 1.165) is 32.4 Å². The van der Waals surface area contributed by atoms with Crippen molar-refractivity contribution < 1.29 is 19.1 Å². The van der Waals surface area contributed by atoms with Gasteiger partial charge in [0, 0.05) is 30.3 Å². The van der Waals surface area contributed by atoms with E-state index in [0.29, 0.717) is 17.1 Å². The van der Waals surface area contributed by atoms with E-state index in [1.807, 2.05) is 18.7 Å². The molecule has 3 rings (SSSR count). The molecule has 2 bridgehead atoms. The van der Waals surface area contributed by atoms with Crippen LogP contribution in [0.3, 0.4) is 0 Å². The second-order valence-electron chi connectivity index (χ2n) is 7.92. The van der Waals surface area contributed by atoms with Crippen LogP contribution in [0.5, 0.6) is 11.5 Å². The molecule has 2 heterocycles. The molecule has 3 unspecified atom stereocenters. The average Bonchev–Trinajstić information content (AvgIpc) is 2.97. The van der Waals surface area contributed by atoms with Gasteiger partial charge in [0.15, 0.2) is 0 Å². The number of nitrogens with one attached hydrogen (secondary N) is 2. The third kappa shape index (κ3) is 5.14. The van der Waals surface area contributed by atoms with Gasteiger partial charge in [-0.1, -0.05) is 13.8 Å². The van der Waals surface area contributed by atoms with E-state index >= 15 is 0 Å². The first-order valence-corrected chi connectivity index (χ1v) is 10.0. The van der Waals surface area contributed by atoms with Crippen LogP contribution in [0, 0.1) is 5.92 Å². The topological polar surface area (TPSA) is 79.9 Å². The van der Waals surface area contributed by atoms with Crippen molar-refractivity contribution in [1.29, 1.82) is 0 Å². The number of benzene rings is 1. The number of ether oxygens (including phenoxy) is 2. The van der Waals surface area contributed by atoms with Crippen LogP contribution < -0.4 is 20.1 Å². The molecule has 0 saturated carbocycles. The zero-order valence-electron chi connectivity index (χ0n) is 17.6. The first-order chi connectivity index (χ1) is 13.4. The highest BCUT2D eigenvalue weighted by molar-refractivity contribution is 5.98. The molecule has 1 aromatic carbocycles. The van der Waals surface area contributed by atoms with Gasteiger partial charge in [-0.15, -0.1) is 12.4 Å². The minimum Gasteiger partial charge on any atom is -0.497 e. The second kappa shape index (κ2) is 10.2. The Hall–Kier alpha value is -1.99. The molecule has 162 valence electrons. The molecular formula is C21H32ClN3O4. The van der Waals surface area contributed by atoms with Crippen molar-refractivity contribution in [1.82, 2.24) is 15.5 Å². The molecule has 0 aromatic heterocycles. The molecular weight excluding hydrogens is 394 g/mol. The van der Waals surface area contributed by atoms with Crippen LogP contribution in [0.1, 0.15) is 43.5 Å². The highest BCUT2D eigenvalue weighted by atomic mass is 35.5. The van der Waals surface area contributed by atoms with Gasteiger partial charge < -0.3 is 25.0 Å². The fourth-order valence-electron chi connectivity index (χ4n) is 4.18. The Balaban J connectivity index is 0.00000300. The van der Waals surface area contributed by atoms with Gasteiger partial charge in [0.05, 0.1) is 14.2 Å². The fraction of sp³-hybridized carbons (Fsp3) is 0.619. The van der Waals surface area contributed by atoms with Gasteiger partial charge >= 0.3 is 0 Å². The lowest BCUT2D eigenvalue weighted by atomic mass is 10.0. The number of nitrogens with zero attached hydrogens (tertiary/aromatic N) is 1. The Kier molecular flexibility index (Phi) is 8.16. The Morgan fingerprint density at radius 3 is 2.28 bits per heavy atom. The Morgan fingerprint density at radius 2 is 1.69 bits per heavy atom. The number of hydrogen-bond donors (Lipinski definition) is 2. The van der Waals surface area contributed by atoms with Crippen LogP contribution in [0.4, 0.5) is 0 Å². The number of rotatable bonds is 6. The van der Waals surface area contributed by atoms with Crippen molar-refractivity contribution in [2.24, 2.45) is 5.92 Å². The molecule has 2 amide bonds. The maximum atomic E-state index is 13.4. The highest BCUT2D eigenvalue weighted by Crippen LogP contribution is 2.29. The van der Waals surface area contributed by atoms with Gasteiger partial charge in [0.2, 0.25) is 5.91 Å². The third-order valence-corrected chi connectivity index (χ3v) is 5.74. The van der Waals surface area contributed by atoms with E-state index in [-0.39, 0.29) is 42.2 Å². The Labute approximate surface area is 178 Å². The van der Waals surface area contributed by atoms with E-state index in [4.69, 9.17) is 9.47 Å². The number of carbonyl (C=O) groups is 2. The quantitative estimate of drug-likeness (QED) is 0.730. The van der Waals surface area contributed by atoms with Gasteiger partial charge in [-0.05, 0) is 43.9 Å². The molecule has 0 spiro atoms. The maximum Gasteiger partial charge on any atom is 0.252 e. The molecule has 8 heteroatoms. The van der Waals surface area contributed by atoms with Crippen LogP contribution in [0.2, 0.25) is 0 Å². The molecule has 2 aliphatic rings. The van der Waals surface area contributed by atoms with E-state index in [1.54, 1.807) is 32.4 Å². The molecule has 1 aromatic rings. The molecule has 3 atom stereocenters. The van der Waals surface area contributed by atoms with Gasteiger partial charge in [0.25, 0.3) is 5.91 Å². The third-order valence-electron chi connectivity index (χ3n) is 5.74. The minimum absolute atomic E-state index is 0. The maximum absolute atomic E-state index is 13.4. The average molecular weight is 426 g/mol. The minimum atomic E-state index is -0.564. The van der Waals surface area contributed by atoms with Crippen molar-refractivity contribution in [3.05, 3.63) is 23.8 Å². The fourth-order valence-corrected chi connectivity index (χ4v) is 4.18. The van der Waals surface area contributed by atoms with E-state index in [9.17, 15) is 9.59 Å². The lowest BCUT2D eigenvalue weighted by Crippen LogP contribution is -2.55. The van der Waals surface area contributed by atoms with Gasteiger partial charge in [0.1, 0.15) is 17.5 Å². The number of amides is 2. The van der Waals surface area contributed by atoms with Crippen LogP contribution in [-0.2, 0) is 4.79 Å². The van der Waals surface area contributed by atoms with Crippen molar-refractivity contribution in [2.45, 2.75) is 51.2 Å². The summed E-state index contributed by atoms with van der Waals surface area (Å²) in [6.45, 7) is 5.70. The predicted octanol–water partition coefficient (Wildman–Crippen LogP) is 2.23. The van der Waals surface area contributed by atoms with Crippen LogP contribution in [0.15, 0.2) is 18.2 Å². The molecule has 2 saturated heterocycles. The summed E-state index contributed by atoms with van der Waals surface area (Å²) in [5, 5.41) is 6.37. The smallest absolute Gasteiger partial charge is 0.252 e. The summed E-state index contributed by atoms with van der Waals surface area (Å²) in [7, 11) is 3.08. The number of fused-ring (bicyclic) bond motifs is 2. The normalized spacial score (nSPS) is 21.8. The van der Waals surface area contributed by atoms with Crippen molar-refractivity contribution >= 4 is 24.2 Å². The monoisotopic (exact) mass is 425 g/mol. The zero-order chi connectivity index (χ0) is 20.3. The van der Waals surface area contributed by atoms with Gasteiger partial charge in [-0.3, -0.25) is 9.59 Å². The first-order valence-electron chi connectivity index (χ1n) is 10.0. The standard InChI is InChI=1S/C21H31N3O4.ClH/c1-13(2)19(21(26)24-15-5-6-16(24)12-22-8-7-15)23-20(25)14-9-17(27-3)11-18(10-14)28-4;/h9-11,13,15-16,19,22H,5-8,12H2,1-4H3,(H,23,25);1H. The van der Waals surface area contributed by atoms with Crippen LogP contribution in [-0.4, -0.2) is 62.1 Å². The highest BCUT2D eigenvalue weighted by Gasteiger charge is 2.41. The summed E-state index contributed by atoms with van der Waals surface area (Å²) in [5.41, 5.74) is 0.412. The number of hydrogen-bond acceptors (Lipinski definition) is 5. The molecule has 29 heavy (non-hydrogen) atoms.